The molecule has 2 rings (SSSR count). The van der Waals surface area contributed by atoms with Crippen molar-refractivity contribution in [3.8, 4) is 0 Å². The number of piperidine rings is 1. The van der Waals surface area contributed by atoms with E-state index in [0.29, 0.717) is 12.3 Å². The molecule has 0 bridgehead atoms. The maximum Gasteiger partial charge on any atom is 0.230 e. The monoisotopic (exact) mass is 209 g/mol. The number of carbonyl (C=O) groups is 2. The van der Waals surface area contributed by atoms with Gasteiger partial charge in [-0.1, -0.05) is 13.8 Å². The molecule has 1 heterocycles. The first-order chi connectivity index (χ1) is 7.14. The molecule has 3 heteroatoms. The second-order valence-electron chi connectivity index (χ2n) is 4.91. The molecule has 2 amide bonds. The summed E-state index contributed by atoms with van der Waals surface area (Å²) in [6.07, 6.45) is 4.76. The van der Waals surface area contributed by atoms with Crippen LogP contribution in [-0.4, -0.2) is 11.8 Å². The number of nitrogens with one attached hydrogen (secondary N) is 1. The summed E-state index contributed by atoms with van der Waals surface area (Å²) in [6.45, 7) is 4.17. The smallest absolute Gasteiger partial charge is 0.230 e. The summed E-state index contributed by atoms with van der Waals surface area (Å²) in [5, 5.41) is 2.47. The second-order valence-corrected chi connectivity index (χ2v) is 4.91. The summed E-state index contributed by atoms with van der Waals surface area (Å²) in [6, 6.07) is 0. The molecule has 0 radical (unpaired) electrons. The predicted molar refractivity (Wildman–Crippen MR) is 57.0 cm³/mol. The average Bonchev–Trinajstić information content (AvgIpc) is 2.99. The normalized spacial score (nSPS) is 36.5. The Hall–Kier alpha value is -0.860. The minimum atomic E-state index is -0.0709. The van der Waals surface area contributed by atoms with E-state index in [4.69, 9.17) is 0 Å². The molecule has 0 aromatic carbocycles. The molecule has 2 atom stereocenters. The van der Waals surface area contributed by atoms with E-state index in [1.807, 2.05) is 6.92 Å². The van der Waals surface area contributed by atoms with E-state index < -0.39 is 0 Å². The highest BCUT2D eigenvalue weighted by molar-refractivity contribution is 5.99. The zero-order valence-corrected chi connectivity index (χ0v) is 9.51. The highest BCUT2D eigenvalue weighted by Gasteiger charge is 2.54. The molecule has 15 heavy (non-hydrogen) atoms. The Labute approximate surface area is 90.6 Å². The fourth-order valence-electron chi connectivity index (χ4n) is 3.29. The summed E-state index contributed by atoms with van der Waals surface area (Å²) < 4.78 is 0. The molecule has 2 unspecified atom stereocenters. The highest BCUT2D eigenvalue weighted by atomic mass is 16.2. The lowest BCUT2D eigenvalue weighted by molar-refractivity contribution is -0.145. The van der Waals surface area contributed by atoms with Gasteiger partial charge in [0.2, 0.25) is 11.8 Å². The van der Waals surface area contributed by atoms with Gasteiger partial charge in [-0.2, -0.15) is 0 Å². The van der Waals surface area contributed by atoms with Crippen LogP contribution >= 0.6 is 0 Å². The number of rotatable bonds is 3. The third-order valence-electron chi connectivity index (χ3n) is 4.22. The van der Waals surface area contributed by atoms with Crippen molar-refractivity contribution in [1.29, 1.82) is 0 Å². The molecule has 0 spiro atoms. The van der Waals surface area contributed by atoms with Gasteiger partial charge in [0.25, 0.3) is 0 Å². The van der Waals surface area contributed by atoms with Crippen LogP contribution in [0.3, 0.4) is 0 Å². The molecule has 1 aliphatic heterocycles. The molecule has 1 N–H and O–H groups in total. The van der Waals surface area contributed by atoms with Gasteiger partial charge < -0.3 is 0 Å². The Kier molecular flexibility index (Phi) is 2.57. The lowest BCUT2D eigenvalue weighted by Crippen LogP contribution is -2.52. The minimum absolute atomic E-state index is 0.0197. The highest BCUT2D eigenvalue weighted by Crippen LogP contribution is 2.56. The van der Waals surface area contributed by atoms with Gasteiger partial charge in [0.15, 0.2) is 0 Å². The van der Waals surface area contributed by atoms with Crippen molar-refractivity contribution in [2.45, 2.75) is 46.0 Å². The topological polar surface area (TPSA) is 46.2 Å². The number of hydrogen-bond acceptors (Lipinski definition) is 2. The first kappa shape index (κ1) is 10.7. The number of imide groups is 1. The van der Waals surface area contributed by atoms with Gasteiger partial charge in [-0.15, -0.1) is 0 Å². The van der Waals surface area contributed by atoms with Gasteiger partial charge in [0.1, 0.15) is 0 Å². The Morgan fingerprint density at radius 2 is 2.00 bits per heavy atom. The molecule has 1 saturated heterocycles. The van der Waals surface area contributed by atoms with Crippen molar-refractivity contribution in [1.82, 2.24) is 5.32 Å². The van der Waals surface area contributed by atoms with Crippen molar-refractivity contribution >= 4 is 11.8 Å². The first-order valence-electron chi connectivity index (χ1n) is 5.97. The van der Waals surface area contributed by atoms with Gasteiger partial charge in [-0.05, 0) is 37.0 Å². The maximum atomic E-state index is 11.8. The van der Waals surface area contributed by atoms with Crippen molar-refractivity contribution in [3.63, 3.8) is 0 Å². The minimum Gasteiger partial charge on any atom is -0.296 e. The molecule has 1 aliphatic carbocycles. The van der Waals surface area contributed by atoms with Gasteiger partial charge in [0, 0.05) is 12.3 Å². The summed E-state index contributed by atoms with van der Waals surface area (Å²) in [4.78, 5) is 23.3. The molecule has 2 aliphatic rings. The molecule has 3 nitrogen and oxygen atoms in total. The summed E-state index contributed by atoms with van der Waals surface area (Å²) in [7, 11) is 0. The van der Waals surface area contributed by atoms with Crippen LogP contribution in [0, 0.1) is 17.3 Å². The van der Waals surface area contributed by atoms with E-state index in [1.165, 1.54) is 12.8 Å². The van der Waals surface area contributed by atoms with Crippen molar-refractivity contribution in [3.05, 3.63) is 0 Å². The average molecular weight is 209 g/mol. The summed E-state index contributed by atoms with van der Waals surface area (Å²) >= 11 is 0. The molecule has 84 valence electrons. The van der Waals surface area contributed by atoms with Crippen LogP contribution < -0.4 is 5.32 Å². The fraction of sp³-hybridized carbons (Fsp3) is 0.833. The zero-order valence-electron chi connectivity index (χ0n) is 9.51. The molecule has 2 fully saturated rings. The van der Waals surface area contributed by atoms with Gasteiger partial charge in [-0.3, -0.25) is 14.9 Å². The van der Waals surface area contributed by atoms with Crippen LogP contribution in [0.15, 0.2) is 0 Å². The Balaban J connectivity index is 2.30. The Morgan fingerprint density at radius 3 is 2.47 bits per heavy atom. The van der Waals surface area contributed by atoms with Crippen LogP contribution in [-0.2, 0) is 9.59 Å². The van der Waals surface area contributed by atoms with Crippen molar-refractivity contribution < 1.29 is 9.59 Å². The van der Waals surface area contributed by atoms with E-state index in [9.17, 15) is 9.59 Å². The van der Waals surface area contributed by atoms with Crippen molar-refractivity contribution in [2.75, 3.05) is 0 Å². The van der Waals surface area contributed by atoms with Gasteiger partial charge >= 0.3 is 0 Å². The van der Waals surface area contributed by atoms with E-state index >= 15 is 0 Å². The molecule has 0 aromatic heterocycles. The maximum absolute atomic E-state index is 11.8. The predicted octanol–water partition coefficient (Wildman–Crippen LogP) is 1.87. The Morgan fingerprint density at radius 1 is 1.33 bits per heavy atom. The van der Waals surface area contributed by atoms with Crippen LogP contribution in [0.4, 0.5) is 0 Å². The van der Waals surface area contributed by atoms with Crippen LogP contribution in [0.2, 0.25) is 0 Å². The molecule has 0 aromatic rings. The van der Waals surface area contributed by atoms with Crippen LogP contribution in [0.1, 0.15) is 46.0 Å². The number of amides is 2. The fourth-order valence-corrected chi connectivity index (χ4v) is 3.29. The third kappa shape index (κ3) is 1.58. The van der Waals surface area contributed by atoms with E-state index in [2.05, 4.69) is 12.2 Å². The van der Waals surface area contributed by atoms with Crippen LogP contribution in [0.5, 0.6) is 0 Å². The summed E-state index contributed by atoms with van der Waals surface area (Å²) in [5.74, 6) is 0.552. The quantitative estimate of drug-likeness (QED) is 0.721. The molecular weight excluding hydrogens is 190 g/mol. The van der Waals surface area contributed by atoms with Gasteiger partial charge in [-0.25, -0.2) is 0 Å². The zero-order chi connectivity index (χ0) is 11.1. The first-order valence-corrected chi connectivity index (χ1v) is 5.97. The van der Waals surface area contributed by atoms with E-state index in [-0.39, 0.29) is 23.1 Å². The second kappa shape index (κ2) is 3.62. The lowest BCUT2D eigenvalue weighted by Gasteiger charge is -2.42. The van der Waals surface area contributed by atoms with E-state index in [0.717, 1.165) is 12.8 Å². The largest absolute Gasteiger partial charge is 0.296 e. The van der Waals surface area contributed by atoms with E-state index in [1.54, 1.807) is 0 Å². The lowest BCUT2D eigenvalue weighted by atomic mass is 9.64. The molecule has 1 saturated carbocycles. The number of carbonyl (C=O) groups excluding carboxylic acids is 2. The standard InChI is InChI=1S/C12H19NO2/c1-3-9-11(15)13-10(14)7-12(9,4-2)8-5-6-8/h8-9H,3-7H2,1-2H3,(H,13,14,15). The van der Waals surface area contributed by atoms with Crippen molar-refractivity contribution in [2.24, 2.45) is 17.3 Å². The Bertz CT molecular complexity index is 296. The third-order valence-corrected chi connectivity index (χ3v) is 4.22. The summed E-state index contributed by atoms with van der Waals surface area (Å²) in [5.41, 5.74) is -0.0197. The SMILES string of the molecule is CCC1C(=O)NC(=O)CC1(CC)C1CC1. The van der Waals surface area contributed by atoms with Gasteiger partial charge in [0.05, 0.1) is 0 Å². The number of hydrogen-bond donors (Lipinski definition) is 1. The van der Waals surface area contributed by atoms with Crippen LogP contribution in [0.25, 0.3) is 0 Å². The molecular formula is C12H19NO2.